The number of aryl methyl sites for hydroxylation is 1. The Kier molecular flexibility index (Phi) is 4.74. The minimum absolute atomic E-state index is 0.324. The molecule has 2 aromatic rings. The molecule has 0 saturated heterocycles. The topological polar surface area (TPSA) is 28.2 Å². The Balaban J connectivity index is 2.31. The molecule has 0 bridgehead atoms. The lowest BCUT2D eigenvalue weighted by atomic mass is 10.1. The second-order valence-corrected chi connectivity index (χ2v) is 4.99. The molecule has 3 heteroatoms. The minimum Gasteiger partial charge on any atom is -0.326 e. The second kappa shape index (κ2) is 6.53. The number of aromatic nitrogens is 1. The highest BCUT2D eigenvalue weighted by Crippen LogP contribution is 2.27. The number of benzene rings is 1. The molecule has 1 aromatic heterocycles. The fraction of sp³-hybridized carbons (Fsp3) is 0.353. The van der Waals surface area contributed by atoms with Crippen molar-refractivity contribution < 1.29 is 0 Å². The molecule has 1 aromatic carbocycles. The number of anilines is 2. The molecule has 0 radical (unpaired) electrons. The number of para-hydroxylation sites is 1. The van der Waals surface area contributed by atoms with Crippen LogP contribution in [-0.4, -0.2) is 18.6 Å². The zero-order chi connectivity index (χ0) is 14.5. The van der Waals surface area contributed by atoms with E-state index in [1.807, 2.05) is 13.2 Å². The van der Waals surface area contributed by atoms with Crippen LogP contribution in [0, 0.1) is 6.92 Å². The van der Waals surface area contributed by atoms with E-state index in [0.717, 1.165) is 12.4 Å². The van der Waals surface area contributed by atoms with Gasteiger partial charge >= 0.3 is 0 Å². The molecule has 1 atom stereocenters. The normalized spacial score (nSPS) is 12.2. The van der Waals surface area contributed by atoms with Crippen LogP contribution in [0.3, 0.4) is 0 Å². The Labute approximate surface area is 121 Å². The van der Waals surface area contributed by atoms with Crippen molar-refractivity contribution in [1.82, 2.24) is 10.3 Å². The van der Waals surface area contributed by atoms with Crippen LogP contribution < -0.4 is 10.2 Å². The van der Waals surface area contributed by atoms with Gasteiger partial charge in [-0.15, -0.1) is 0 Å². The quantitative estimate of drug-likeness (QED) is 0.894. The summed E-state index contributed by atoms with van der Waals surface area (Å²) in [6.07, 6.45) is 1.96. The van der Waals surface area contributed by atoms with E-state index in [-0.39, 0.29) is 0 Å². The van der Waals surface area contributed by atoms with E-state index in [9.17, 15) is 0 Å². The Hall–Kier alpha value is -1.87. The summed E-state index contributed by atoms with van der Waals surface area (Å²) >= 11 is 0. The highest BCUT2D eigenvalue weighted by molar-refractivity contribution is 5.63. The average Bonchev–Trinajstić information content (AvgIpc) is 2.50. The number of rotatable bonds is 5. The van der Waals surface area contributed by atoms with Crippen LogP contribution in [0.4, 0.5) is 11.5 Å². The van der Waals surface area contributed by atoms with Crippen molar-refractivity contribution >= 4 is 11.5 Å². The van der Waals surface area contributed by atoms with E-state index in [0.29, 0.717) is 6.04 Å². The molecular formula is C17H23N3. The fourth-order valence-electron chi connectivity index (χ4n) is 2.30. The molecular weight excluding hydrogens is 246 g/mol. The molecule has 1 heterocycles. The van der Waals surface area contributed by atoms with Gasteiger partial charge in [0.15, 0.2) is 0 Å². The predicted octanol–water partition coefficient (Wildman–Crippen LogP) is 3.83. The van der Waals surface area contributed by atoms with E-state index >= 15 is 0 Å². The minimum atomic E-state index is 0.324. The van der Waals surface area contributed by atoms with Crippen LogP contribution in [0.15, 0.2) is 42.6 Å². The number of pyridine rings is 1. The van der Waals surface area contributed by atoms with Crippen LogP contribution in [0.2, 0.25) is 0 Å². The van der Waals surface area contributed by atoms with Crippen molar-refractivity contribution in [3.63, 3.8) is 0 Å². The molecule has 20 heavy (non-hydrogen) atoms. The summed E-state index contributed by atoms with van der Waals surface area (Å²) in [7, 11) is 1.96. The van der Waals surface area contributed by atoms with Crippen LogP contribution in [0.5, 0.6) is 0 Å². The van der Waals surface area contributed by atoms with Crippen molar-refractivity contribution in [3.8, 4) is 0 Å². The zero-order valence-electron chi connectivity index (χ0n) is 12.7. The summed E-state index contributed by atoms with van der Waals surface area (Å²) in [5.41, 5.74) is 3.69. The average molecular weight is 269 g/mol. The van der Waals surface area contributed by atoms with E-state index in [4.69, 9.17) is 0 Å². The third kappa shape index (κ3) is 2.99. The predicted molar refractivity (Wildman–Crippen MR) is 85.6 cm³/mol. The van der Waals surface area contributed by atoms with Gasteiger partial charge in [0.2, 0.25) is 0 Å². The van der Waals surface area contributed by atoms with E-state index in [1.165, 1.54) is 16.8 Å². The third-order valence-corrected chi connectivity index (χ3v) is 3.70. The van der Waals surface area contributed by atoms with Crippen LogP contribution in [0.1, 0.15) is 31.0 Å². The monoisotopic (exact) mass is 269 g/mol. The summed E-state index contributed by atoms with van der Waals surface area (Å²) in [6, 6.07) is 13.0. The third-order valence-electron chi connectivity index (χ3n) is 3.70. The van der Waals surface area contributed by atoms with Crippen LogP contribution in [0.25, 0.3) is 0 Å². The Morgan fingerprint density at radius 3 is 2.50 bits per heavy atom. The number of nitrogens with one attached hydrogen (secondary N) is 1. The number of hydrogen-bond acceptors (Lipinski definition) is 3. The smallest absolute Gasteiger partial charge is 0.132 e. The lowest BCUT2D eigenvalue weighted by Crippen LogP contribution is -2.19. The van der Waals surface area contributed by atoms with Gasteiger partial charge in [-0.3, -0.25) is 0 Å². The number of hydrogen-bond donors (Lipinski definition) is 1. The van der Waals surface area contributed by atoms with Crippen LogP contribution in [-0.2, 0) is 0 Å². The molecule has 0 aliphatic carbocycles. The van der Waals surface area contributed by atoms with Gasteiger partial charge < -0.3 is 10.2 Å². The summed E-state index contributed by atoms with van der Waals surface area (Å²) in [5.74, 6) is 0.994. The van der Waals surface area contributed by atoms with Gasteiger partial charge in [0.05, 0.1) is 0 Å². The van der Waals surface area contributed by atoms with E-state index < -0.39 is 0 Å². The largest absolute Gasteiger partial charge is 0.326 e. The van der Waals surface area contributed by atoms with Gasteiger partial charge in [-0.2, -0.15) is 0 Å². The first-order valence-electron chi connectivity index (χ1n) is 7.13. The first-order valence-corrected chi connectivity index (χ1v) is 7.13. The molecule has 0 aliphatic rings. The van der Waals surface area contributed by atoms with Crippen molar-refractivity contribution in [3.05, 3.63) is 53.7 Å². The molecule has 3 nitrogen and oxygen atoms in total. The zero-order valence-corrected chi connectivity index (χ0v) is 12.7. The molecule has 0 aliphatic heterocycles. The summed E-state index contributed by atoms with van der Waals surface area (Å²) in [4.78, 5) is 6.86. The fourth-order valence-corrected chi connectivity index (χ4v) is 2.30. The molecule has 0 saturated carbocycles. The van der Waals surface area contributed by atoms with Gasteiger partial charge in [0.25, 0.3) is 0 Å². The SMILES string of the molecule is CCN(c1ccc(C(C)NC)cn1)c1ccccc1C. The lowest BCUT2D eigenvalue weighted by molar-refractivity contribution is 0.649. The Morgan fingerprint density at radius 2 is 1.95 bits per heavy atom. The molecule has 0 spiro atoms. The van der Waals surface area contributed by atoms with E-state index in [2.05, 4.69) is 72.4 Å². The highest BCUT2D eigenvalue weighted by Gasteiger charge is 2.11. The molecule has 106 valence electrons. The summed E-state index contributed by atoms with van der Waals surface area (Å²) in [6.45, 7) is 7.32. The molecule has 2 rings (SSSR count). The maximum atomic E-state index is 4.62. The summed E-state index contributed by atoms with van der Waals surface area (Å²) in [5, 5.41) is 3.23. The van der Waals surface area contributed by atoms with Gasteiger partial charge in [0, 0.05) is 24.5 Å². The van der Waals surface area contributed by atoms with E-state index in [1.54, 1.807) is 0 Å². The first-order chi connectivity index (χ1) is 9.67. The lowest BCUT2D eigenvalue weighted by Gasteiger charge is -2.24. The maximum absolute atomic E-state index is 4.62. The van der Waals surface area contributed by atoms with Gasteiger partial charge in [-0.25, -0.2) is 4.98 Å². The van der Waals surface area contributed by atoms with Crippen molar-refractivity contribution in [1.29, 1.82) is 0 Å². The maximum Gasteiger partial charge on any atom is 0.132 e. The molecule has 1 N–H and O–H groups in total. The van der Waals surface area contributed by atoms with Crippen molar-refractivity contribution in [2.75, 3.05) is 18.5 Å². The molecule has 0 amide bonds. The van der Waals surface area contributed by atoms with Gasteiger partial charge in [0.1, 0.15) is 5.82 Å². The van der Waals surface area contributed by atoms with Gasteiger partial charge in [-0.05, 0) is 51.1 Å². The van der Waals surface area contributed by atoms with Gasteiger partial charge in [-0.1, -0.05) is 24.3 Å². The standard InChI is InChI=1S/C17H23N3/c1-5-20(16-9-7-6-8-13(16)2)17-11-10-15(12-19-17)14(3)18-4/h6-12,14,18H,5H2,1-4H3. The molecule has 1 unspecified atom stereocenters. The first kappa shape index (κ1) is 14.5. The second-order valence-electron chi connectivity index (χ2n) is 4.99. The number of nitrogens with zero attached hydrogens (tertiary/aromatic N) is 2. The van der Waals surface area contributed by atoms with Crippen molar-refractivity contribution in [2.24, 2.45) is 0 Å². The van der Waals surface area contributed by atoms with Crippen LogP contribution >= 0.6 is 0 Å². The summed E-state index contributed by atoms with van der Waals surface area (Å²) < 4.78 is 0. The Bertz CT molecular complexity index is 548. The highest BCUT2D eigenvalue weighted by atomic mass is 15.2. The Morgan fingerprint density at radius 1 is 1.20 bits per heavy atom. The van der Waals surface area contributed by atoms with Crippen molar-refractivity contribution in [2.45, 2.75) is 26.8 Å². The molecule has 0 fully saturated rings.